The average Bonchev–Trinajstić information content (AvgIpc) is 2.84. The maximum atomic E-state index is 4.13. The van der Waals surface area contributed by atoms with Crippen LogP contribution in [0.25, 0.3) is 0 Å². The van der Waals surface area contributed by atoms with Gasteiger partial charge in [0.05, 0.1) is 6.33 Å². The van der Waals surface area contributed by atoms with E-state index >= 15 is 0 Å². The number of imidazole rings is 1. The van der Waals surface area contributed by atoms with Gasteiger partial charge in [-0.15, -0.1) is 0 Å². The molecule has 1 N–H and O–H groups in total. The van der Waals surface area contributed by atoms with Crippen molar-refractivity contribution in [2.24, 2.45) is 0 Å². The zero-order chi connectivity index (χ0) is 11.9. The molecule has 0 bridgehead atoms. The molecule has 0 atom stereocenters. The third-order valence-corrected chi connectivity index (χ3v) is 2.79. The van der Waals surface area contributed by atoms with Crippen LogP contribution in [0.3, 0.4) is 0 Å². The van der Waals surface area contributed by atoms with Gasteiger partial charge in [-0.1, -0.05) is 0 Å². The first kappa shape index (κ1) is 11.8. The van der Waals surface area contributed by atoms with Gasteiger partial charge in [0.25, 0.3) is 0 Å². The Kier molecular flexibility index (Phi) is 4.27. The fourth-order valence-electron chi connectivity index (χ4n) is 1.71. The van der Waals surface area contributed by atoms with E-state index < -0.39 is 0 Å². The Hall–Kier alpha value is -1.68. The van der Waals surface area contributed by atoms with Crippen molar-refractivity contribution in [3.8, 4) is 0 Å². The van der Waals surface area contributed by atoms with E-state index in [0.717, 1.165) is 26.1 Å². The Balaban J connectivity index is 1.65. The van der Waals surface area contributed by atoms with Gasteiger partial charge in [0.2, 0.25) is 0 Å². The minimum Gasteiger partial charge on any atom is -0.337 e. The van der Waals surface area contributed by atoms with Crippen molar-refractivity contribution in [2.45, 2.75) is 26.4 Å². The number of aryl methyl sites for hydroxylation is 2. The number of rotatable bonds is 6. The summed E-state index contributed by atoms with van der Waals surface area (Å²) in [6, 6.07) is 2.04. The van der Waals surface area contributed by atoms with E-state index in [-0.39, 0.29) is 0 Å². The molecule has 0 aliphatic rings. The van der Waals surface area contributed by atoms with E-state index in [0.29, 0.717) is 0 Å². The first-order chi connectivity index (χ1) is 8.36. The van der Waals surface area contributed by atoms with Crippen molar-refractivity contribution in [2.75, 3.05) is 6.54 Å². The molecule has 2 aromatic rings. The smallest absolute Gasteiger partial charge is 0.0945 e. The molecule has 0 aliphatic carbocycles. The monoisotopic (exact) mass is 230 g/mol. The SMILES string of the molecule is Cc1ccncc1CNCCCn1ccnc1. The summed E-state index contributed by atoms with van der Waals surface area (Å²) < 4.78 is 2.09. The van der Waals surface area contributed by atoms with Gasteiger partial charge in [0.15, 0.2) is 0 Å². The highest BCUT2D eigenvalue weighted by Crippen LogP contribution is 2.03. The molecule has 0 saturated carbocycles. The third-order valence-electron chi connectivity index (χ3n) is 2.79. The maximum Gasteiger partial charge on any atom is 0.0945 e. The van der Waals surface area contributed by atoms with Crippen molar-refractivity contribution >= 4 is 0 Å². The van der Waals surface area contributed by atoms with E-state index in [4.69, 9.17) is 0 Å². The van der Waals surface area contributed by atoms with Crippen molar-refractivity contribution in [3.63, 3.8) is 0 Å². The van der Waals surface area contributed by atoms with E-state index in [1.807, 2.05) is 37.2 Å². The third kappa shape index (κ3) is 3.67. The Morgan fingerprint density at radius 1 is 1.29 bits per heavy atom. The number of hydrogen-bond acceptors (Lipinski definition) is 3. The summed E-state index contributed by atoms with van der Waals surface area (Å²) in [5, 5.41) is 3.43. The van der Waals surface area contributed by atoms with Crippen molar-refractivity contribution < 1.29 is 0 Å². The van der Waals surface area contributed by atoms with Crippen LogP contribution in [0.2, 0.25) is 0 Å². The molecule has 2 rings (SSSR count). The van der Waals surface area contributed by atoms with Crippen LogP contribution in [0.1, 0.15) is 17.5 Å². The van der Waals surface area contributed by atoms with Gasteiger partial charge in [-0.3, -0.25) is 4.98 Å². The van der Waals surface area contributed by atoms with Crippen LogP contribution in [-0.4, -0.2) is 21.1 Å². The Bertz CT molecular complexity index is 436. The van der Waals surface area contributed by atoms with Crippen LogP contribution in [0.5, 0.6) is 0 Å². The van der Waals surface area contributed by atoms with E-state index in [1.165, 1.54) is 11.1 Å². The summed E-state index contributed by atoms with van der Waals surface area (Å²) in [7, 11) is 0. The molecule has 0 fully saturated rings. The molecule has 0 spiro atoms. The summed E-state index contributed by atoms with van der Waals surface area (Å²) in [6.45, 7) is 5.03. The zero-order valence-corrected chi connectivity index (χ0v) is 10.1. The number of nitrogens with one attached hydrogen (secondary N) is 1. The predicted molar refractivity (Wildman–Crippen MR) is 67.5 cm³/mol. The highest BCUT2D eigenvalue weighted by atomic mass is 15.0. The lowest BCUT2D eigenvalue weighted by molar-refractivity contribution is 0.579. The summed E-state index contributed by atoms with van der Waals surface area (Å²) in [5.74, 6) is 0. The molecule has 0 radical (unpaired) electrons. The maximum absolute atomic E-state index is 4.13. The van der Waals surface area contributed by atoms with Crippen molar-refractivity contribution in [1.82, 2.24) is 19.9 Å². The second kappa shape index (κ2) is 6.15. The number of aromatic nitrogens is 3. The summed E-state index contributed by atoms with van der Waals surface area (Å²) >= 11 is 0. The van der Waals surface area contributed by atoms with Crippen LogP contribution in [0.4, 0.5) is 0 Å². The summed E-state index contributed by atoms with van der Waals surface area (Å²) in [5.41, 5.74) is 2.57. The first-order valence-electron chi connectivity index (χ1n) is 5.92. The van der Waals surface area contributed by atoms with E-state index in [9.17, 15) is 0 Å². The van der Waals surface area contributed by atoms with Gasteiger partial charge in [0.1, 0.15) is 0 Å². The lowest BCUT2D eigenvalue weighted by Gasteiger charge is -2.07. The lowest BCUT2D eigenvalue weighted by Crippen LogP contribution is -2.17. The van der Waals surface area contributed by atoms with Gasteiger partial charge >= 0.3 is 0 Å². The van der Waals surface area contributed by atoms with Crippen molar-refractivity contribution in [3.05, 3.63) is 48.3 Å². The van der Waals surface area contributed by atoms with Crippen molar-refractivity contribution in [1.29, 1.82) is 0 Å². The molecule has 17 heavy (non-hydrogen) atoms. The van der Waals surface area contributed by atoms with Gasteiger partial charge in [0, 0.05) is 37.9 Å². The number of nitrogens with zero attached hydrogens (tertiary/aromatic N) is 3. The molecule has 0 unspecified atom stereocenters. The van der Waals surface area contributed by atoms with E-state index in [2.05, 4.69) is 26.8 Å². The quantitative estimate of drug-likeness (QED) is 0.769. The fraction of sp³-hybridized carbons (Fsp3) is 0.385. The fourth-order valence-corrected chi connectivity index (χ4v) is 1.71. The van der Waals surface area contributed by atoms with Crippen LogP contribution in [0, 0.1) is 6.92 Å². The largest absolute Gasteiger partial charge is 0.337 e. The highest BCUT2D eigenvalue weighted by Gasteiger charge is 1.96. The van der Waals surface area contributed by atoms with Gasteiger partial charge in [-0.05, 0) is 37.1 Å². The predicted octanol–water partition coefficient (Wildman–Crippen LogP) is 1.77. The van der Waals surface area contributed by atoms with Crippen LogP contribution in [-0.2, 0) is 13.1 Å². The molecule has 0 saturated heterocycles. The highest BCUT2D eigenvalue weighted by molar-refractivity contribution is 5.20. The second-order valence-corrected chi connectivity index (χ2v) is 4.13. The molecule has 0 amide bonds. The molecule has 0 aromatic carbocycles. The minimum absolute atomic E-state index is 0.892. The molecular formula is C13H18N4. The van der Waals surface area contributed by atoms with E-state index in [1.54, 1.807) is 0 Å². The minimum atomic E-state index is 0.892. The molecule has 2 heterocycles. The van der Waals surface area contributed by atoms with Crippen LogP contribution >= 0.6 is 0 Å². The number of pyridine rings is 1. The lowest BCUT2D eigenvalue weighted by atomic mass is 10.1. The topological polar surface area (TPSA) is 42.7 Å². The molecular weight excluding hydrogens is 212 g/mol. The Morgan fingerprint density at radius 3 is 3.00 bits per heavy atom. The average molecular weight is 230 g/mol. The zero-order valence-electron chi connectivity index (χ0n) is 10.1. The first-order valence-corrected chi connectivity index (χ1v) is 5.92. The Morgan fingerprint density at radius 2 is 2.24 bits per heavy atom. The summed E-state index contributed by atoms with van der Waals surface area (Å²) in [6.07, 6.45) is 10.5. The van der Waals surface area contributed by atoms with Crippen LogP contribution < -0.4 is 5.32 Å². The van der Waals surface area contributed by atoms with Gasteiger partial charge < -0.3 is 9.88 Å². The molecule has 4 heteroatoms. The van der Waals surface area contributed by atoms with Gasteiger partial charge in [-0.25, -0.2) is 4.98 Å². The number of hydrogen-bond donors (Lipinski definition) is 1. The van der Waals surface area contributed by atoms with Gasteiger partial charge in [-0.2, -0.15) is 0 Å². The normalized spacial score (nSPS) is 10.6. The van der Waals surface area contributed by atoms with Crippen LogP contribution in [0.15, 0.2) is 37.2 Å². The summed E-state index contributed by atoms with van der Waals surface area (Å²) in [4.78, 5) is 8.15. The molecule has 90 valence electrons. The standard InChI is InChI=1S/C13H18N4/c1-12-3-5-15-10-13(12)9-14-4-2-7-17-8-6-16-11-17/h3,5-6,8,10-11,14H,2,4,7,9H2,1H3. The second-order valence-electron chi connectivity index (χ2n) is 4.13. The molecule has 0 aliphatic heterocycles. The molecule has 2 aromatic heterocycles. The molecule has 4 nitrogen and oxygen atoms in total. The Labute approximate surface area is 102 Å².